The Kier molecular flexibility index (Phi) is 9.78. The van der Waals surface area contributed by atoms with Crippen LogP contribution >= 0.6 is 11.8 Å². The maximum atomic E-state index is 13.6. The van der Waals surface area contributed by atoms with Gasteiger partial charge in [-0.3, -0.25) is 9.59 Å². The Bertz CT molecular complexity index is 1500. The second-order valence-corrected chi connectivity index (χ2v) is 13.0. The van der Waals surface area contributed by atoms with E-state index in [0.717, 1.165) is 12.2 Å². The number of benzene rings is 4. The number of ether oxygens (including phenoxy) is 3. The summed E-state index contributed by atoms with van der Waals surface area (Å²) in [5, 5.41) is 0. The van der Waals surface area contributed by atoms with Gasteiger partial charge in [0, 0.05) is 13.8 Å². The van der Waals surface area contributed by atoms with Crippen molar-refractivity contribution in [1.82, 2.24) is 0 Å². The molecule has 0 amide bonds. The van der Waals surface area contributed by atoms with Crippen LogP contribution < -0.4 is 0 Å². The van der Waals surface area contributed by atoms with Crippen LogP contribution in [-0.2, 0) is 35.0 Å². The van der Waals surface area contributed by atoms with Crippen molar-refractivity contribution in [3.05, 3.63) is 143 Å². The lowest BCUT2D eigenvalue weighted by molar-refractivity contribution is -0.251. The van der Waals surface area contributed by atoms with E-state index in [-0.39, 0.29) is 12.8 Å². The second-order valence-electron chi connectivity index (χ2n) is 11.7. The third-order valence-corrected chi connectivity index (χ3v) is 9.80. The quantitative estimate of drug-likeness (QED) is 0.0692. The number of carbonyl (C=O) groups excluding carboxylic acids is 3. The van der Waals surface area contributed by atoms with E-state index in [1.165, 1.54) is 23.8 Å². The van der Waals surface area contributed by atoms with Crippen molar-refractivity contribution in [2.24, 2.45) is 5.41 Å². The molecule has 6 nitrogen and oxygen atoms in total. The SMILES string of the molecule is COC(=O)c1cccc(CC2(CCCCSC(c3ccccc3)(c3ccccc3)c3ccccc3)C(=O)OC(C)(C)OC2=O)c1. The van der Waals surface area contributed by atoms with Gasteiger partial charge in [0.2, 0.25) is 0 Å². The van der Waals surface area contributed by atoms with Gasteiger partial charge in [-0.2, -0.15) is 0 Å². The largest absolute Gasteiger partial charge is 0.465 e. The minimum absolute atomic E-state index is 0.0563. The average Bonchev–Trinajstić information content (AvgIpc) is 3.06. The van der Waals surface area contributed by atoms with Crippen molar-refractivity contribution in [3.8, 4) is 0 Å². The summed E-state index contributed by atoms with van der Waals surface area (Å²) >= 11 is 1.84. The highest BCUT2D eigenvalue weighted by molar-refractivity contribution is 8.00. The second kappa shape index (κ2) is 13.7. The van der Waals surface area contributed by atoms with Gasteiger partial charge in [0.15, 0.2) is 5.41 Å². The summed E-state index contributed by atoms with van der Waals surface area (Å²) in [6, 6.07) is 38.3. The standard InChI is InChI=1S/C38H38O6S/c1-36(2)43-34(40)37(35(41)44-36,27-28-16-15-17-29(26-28)33(39)42-3)24-13-14-25-45-38(30-18-7-4-8-19-30,31-20-9-5-10-21-31)32-22-11-6-12-23-32/h4-12,15-23,26H,13-14,24-25,27H2,1-3H3. The van der Waals surface area contributed by atoms with Crippen molar-refractivity contribution in [3.63, 3.8) is 0 Å². The molecule has 4 aromatic carbocycles. The zero-order valence-corrected chi connectivity index (χ0v) is 26.7. The summed E-state index contributed by atoms with van der Waals surface area (Å²) in [6.45, 7) is 3.11. The Hall–Kier alpha value is -4.36. The summed E-state index contributed by atoms with van der Waals surface area (Å²) in [4.78, 5) is 39.3. The summed E-state index contributed by atoms with van der Waals surface area (Å²) in [5.41, 5.74) is 3.00. The molecule has 5 rings (SSSR count). The molecule has 0 radical (unpaired) electrons. The third kappa shape index (κ3) is 6.84. The van der Waals surface area contributed by atoms with Crippen LogP contribution in [0.15, 0.2) is 115 Å². The van der Waals surface area contributed by atoms with E-state index in [1.54, 1.807) is 38.1 Å². The lowest BCUT2D eigenvalue weighted by atomic mass is 9.76. The van der Waals surface area contributed by atoms with E-state index in [1.807, 2.05) is 30.0 Å². The number of unbranched alkanes of at least 4 members (excludes halogenated alkanes) is 1. The van der Waals surface area contributed by atoms with E-state index in [4.69, 9.17) is 14.2 Å². The van der Waals surface area contributed by atoms with Crippen LogP contribution in [0.2, 0.25) is 0 Å². The Morgan fingerprint density at radius 1 is 0.733 bits per heavy atom. The Morgan fingerprint density at radius 3 is 1.73 bits per heavy atom. The minimum Gasteiger partial charge on any atom is -0.465 e. The molecule has 0 atom stereocenters. The molecule has 0 aromatic heterocycles. The third-order valence-electron chi connectivity index (χ3n) is 8.17. The lowest BCUT2D eigenvalue weighted by Gasteiger charge is -2.40. The predicted octanol–water partition coefficient (Wildman–Crippen LogP) is 7.73. The number of thioether (sulfide) groups is 1. The molecule has 1 aliphatic heterocycles. The molecular formula is C38H38O6S. The van der Waals surface area contributed by atoms with Crippen LogP contribution in [0.3, 0.4) is 0 Å². The van der Waals surface area contributed by atoms with Gasteiger partial charge in [-0.25, -0.2) is 4.79 Å². The molecule has 1 fully saturated rings. The zero-order chi connectivity index (χ0) is 31.9. The van der Waals surface area contributed by atoms with Gasteiger partial charge in [0.25, 0.3) is 5.79 Å². The van der Waals surface area contributed by atoms with Crippen LogP contribution in [0.25, 0.3) is 0 Å². The fraction of sp³-hybridized carbons (Fsp3) is 0.289. The van der Waals surface area contributed by atoms with Crippen LogP contribution in [0.1, 0.15) is 65.7 Å². The van der Waals surface area contributed by atoms with Crippen molar-refractivity contribution in [1.29, 1.82) is 0 Å². The zero-order valence-electron chi connectivity index (χ0n) is 25.9. The highest BCUT2D eigenvalue weighted by Crippen LogP contribution is 2.49. The van der Waals surface area contributed by atoms with Crippen molar-refractivity contribution in [2.45, 2.75) is 50.1 Å². The molecule has 45 heavy (non-hydrogen) atoms. The van der Waals surface area contributed by atoms with Gasteiger partial charge < -0.3 is 14.2 Å². The highest BCUT2D eigenvalue weighted by Gasteiger charge is 2.55. The van der Waals surface area contributed by atoms with Gasteiger partial charge in [-0.05, 0) is 59.4 Å². The van der Waals surface area contributed by atoms with Crippen molar-refractivity contribution in [2.75, 3.05) is 12.9 Å². The number of cyclic esters (lactones) is 2. The van der Waals surface area contributed by atoms with Crippen LogP contribution in [0, 0.1) is 5.41 Å². The van der Waals surface area contributed by atoms with Gasteiger partial charge in [-0.15, -0.1) is 11.8 Å². The molecule has 0 spiro atoms. The smallest absolute Gasteiger partial charge is 0.337 e. The topological polar surface area (TPSA) is 78.9 Å². The molecule has 1 heterocycles. The number of rotatable bonds is 12. The normalized spacial score (nSPS) is 15.5. The average molecular weight is 623 g/mol. The lowest BCUT2D eigenvalue weighted by Crippen LogP contribution is -2.55. The van der Waals surface area contributed by atoms with Gasteiger partial charge in [-0.1, -0.05) is 110 Å². The number of methoxy groups -OCH3 is 1. The molecule has 232 valence electrons. The Labute approximate surface area is 269 Å². The molecule has 0 aliphatic carbocycles. The predicted molar refractivity (Wildman–Crippen MR) is 176 cm³/mol. The highest BCUT2D eigenvalue weighted by atomic mass is 32.2. The molecule has 7 heteroatoms. The fourth-order valence-electron chi connectivity index (χ4n) is 5.98. The van der Waals surface area contributed by atoms with Gasteiger partial charge in [0.05, 0.1) is 17.4 Å². The van der Waals surface area contributed by atoms with E-state index >= 15 is 0 Å². The number of hydrogen-bond donors (Lipinski definition) is 0. The molecule has 0 saturated carbocycles. The maximum Gasteiger partial charge on any atom is 0.337 e. The molecule has 1 aliphatic rings. The minimum atomic E-state index is -1.52. The number of carbonyl (C=O) groups is 3. The number of hydrogen-bond acceptors (Lipinski definition) is 7. The summed E-state index contributed by atoms with van der Waals surface area (Å²) in [7, 11) is 1.31. The summed E-state index contributed by atoms with van der Waals surface area (Å²) < 4.78 is 15.7. The monoisotopic (exact) mass is 622 g/mol. The Morgan fingerprint density at radius 2 is 1.24 bits per heavy atom. The van der Waals surface area contributed by atoms with Crippen molar-refractivity contribution < 1.29 is 28.6 Å². The molecule has 1 saturated heterocycles. The summed E-state index contributed by atoms with van der Waals surface area (Å²) in [5.74, 6) is -2.28. The number of esters is 3. The van der Waals surface area contributed by atoms with E-state index in [0.29, 0.717) is 17.5 Å². The molecule has 0 unspecified atom stereocenters. The van der Waals surface area contributed by atoms with Crippen molar-refractivity contribution >= 4 is 29.7 Å². The van der Waals surface area contributed by atoms with Gasteiger partial charge >= 0.3 is 17.9 Å². The van der Waals surface area contributed by atoms with E-state index in [2.05, 4.69) is 72.8 Å². The Balaban J connectivity index is 1.40. The van der Waals surface area contributed by atoms with E-state index in [9.17, 15) is 14.4 Å². The summed E-state index contributed by atoms with van der Waals surface area (Å²) in [6.07, 6.45) is 1.63. The van der Waals surface area contributed by atoms with Crippen LogP contribution in [0.5, 0.6) is 0 Å². The first-order chi connectivity index (χ1) is 21.7. The first-order valence-electron chi connectivity index (χ1n) is 15.1. The molecule has 4 aromatic rings. The molecule has 0 bridgehead atoms. The fourth-order valence-corrected chi connectivity index (χ4v) is 7.54. The van der Waals surface area contributed by atoms with Gasteiger partial charge in [0.1, 0.15) is 0 Å². The first kappa shape index (κ1) is 32.0. The van der Waals surface area contributed by atoms with Crippen LogP contribution in [0.4, 0.5) is 0 Å². The molecule has 0 N–H and O–H groups in total. The van der Waals surface area contributed by atoms with E-state index < -0.39 is 33.9 Å². The molecular weight excluding hydrogens is 584 g/mol. The van der Waals surface area contributed by atoms with Crippen LogP contribution in [-0.4, -0.2) is 36.6 Å². The maximum absolute atomic E-state index is 13.6. The first-order valence-corrected chi connectivity index (χ1v) is 16.1.